The smallest absolute Gasteiger partial charge is 0.335 e. The number of imide groups is 1. The zero-order chi connectivity index (χ0) is 21.3. The van der Waals surface area contributed by atoms with Gasteiger partial charge in [-0.1, -0.05) is 19.1 Å². The molecule has 0 bridgehead atoms. The number of aliphatic hydroxyl groups is 1. The summed E-state index contributed by atoms with van der Waals surface area (Å²) in [5.41, 5.74) is 0.759. The highest BCUT2D eigenvalue weighted by Gasteiger charge is 2.42. The number of aromatic amines is 1. The summed E-state index contributed by atoms with van der Waals surface area (Å²) in [6.45, 7) is 3.11. The van der Waals surface area contributed by atoms with E-state index >= 15 is 0 Å². The molecule has 10 heteroatoms. The van der Waals surface area contributed by atoms with Crippen LogP contribution in [0.2, 0.25) is 0 Å². The minimum absolute atomic E-state index is 0.0244. The van der Waals surface area contributed by atoms with Gasteiger partial charge in [-0.05, 0) is 36.5 Å². The first-order valence-electron chi connectivity index (χ1n) is 10.00. The molecule has 2 aromatic rings. The Hall–Kier alpha value is -3.01. The first kappa shape index (κ1) is 20.3. The summed E-state index contributed by atoms with van der Waals surface area (Å²) in [4.78, 5) is 32.9. The number of nitrogens with one attached hydrogen (secondary N) is 1. The number of urea groups is 1. The lowest BCUT2D eigenvalue weighted by Crippen LogP contribution is -2.51. The number of ether oxygens (including phenoxy) is 1. The van der Waals surface area contributed by atoms with Crippen LogP contribution in [0.5, 0.6) is 6.01 Å². The van der Waals surface area contributed by atoms with Crippen molar-refractivity contribution < 1.29 is 23.8 Å². The molecule has 2 aliphatic heterocycles. The van der Waals surface area contributed by atoms with Crippen molar-refractivity contribution in [2.24, 2.45) is 5.92 Å². The van der Waals surface area contributed by atoms with E-state index in [1.54, 1.807) is 12.1 Å². The number of rotatable bonds is 4. The number of H-pyrrole nitrogens is 1. The summed E-state index contributed by atoms with van der Waals surface area (Å²) >= 11 is 0. The number of likely N-dealkylation sites (tertiary alicyclic amines) is 2. The van der Waals surface area contributed by atoms with Gasteiger partial charge in [0.2, 0.25) is 5.91 Å². The Morgan fingerprint density at radius 2 is 2.07 bits per heavy atom. The van der Waals surface area contributed by atoms with Gasteiger partial charge in [0.05, 0.1) is 6.10 Å². The highest BCUT2D eigenvalue weighted by atomic mass is 19.1. The predicted octanol–water partition coefficient (Wildman–Crippen LogP) is 1.66. The zero-order valence-corrected chi connectivity index (χ0v) is 16.6. The summed E-state index contributed by atoms with van der Waals surface area (Å²) in [5, 5.41) is 16.5. The number of hydrogen-bond acceptors (Lipinski definition) is 6. The first-order chi connectivity index (χ1) is 14.4. The SMILES string of the molecule is CC1CCN(C(=O)N2CCC(O)C2)C(=O)C1c1nc(OCc2ccc(F)cc2)n[nH]1. The third kappa shape index (κ3) is 4.13. The first-order valence-corrected chi connectivity index (χ1v) is 10.00. The summed E-state index contributed by atoms with van der Waals surface area (Å²) in [7, 11) is 0. The number of halogens is 1. The summed E-state index contributed by atoms with van der Waals surface area (Å²) in [6.07, 6.45) is 0.619. The number of piperidine rings is 1. The Balaban J connectivity index is 1.43. The molecule has 0 radical (unpaired) electrons. The van der Waals surface area contributed by atoms with Crippen molar-refractivity contribution in [3.63, 3.8) is 0 Å². The number of amides is 3. The van der Waals surface area contributed by atoms with Crippen molar-refractivity contribution in [3.8, 4) is 6.01 Å². The minimum Gasteiger partial charge on any atom is -0.458 e. The van der Waals surface area contributed by atoms with E-state index in [0.29, 0.717) is 31.8 Å². The fraction of sp³-hybridized carbons (Fsp3) is 0.500. The molecule has 9 nitrogen and oxygen atoms in total. The second-order valence-electron chi connectivity index (χ2n) is 7.82. The third-order valence-electron chi connectivity index (χ3n) is 5.63. The molecule has 2 fully saturated rings. The van der Waals surface area contributed by atoms with Crippen LogP contribution < -0.4 is 4.74 Å². The van der Waals surface area contributed by atoms with Crippen LogP contribution in [0.1, 0.15) is 37.1 Å². The standard InChI is InChI=1S/C20H24FN5O4/c1-12-6-9-26(20(29)25-8-7-15(27)10-25)18(28)16(12)17-22-19(24-23-17)30-11-13-2-4-14(21)5-3-13/h2-5,12,15-16,27H,6-11H2,1H3,(H,22,23,24). The van der Waals surface area contributed by atoms with Crippen LogP contribution in [0.4, 0.5) is 9.18 Å². The van der Waals surface area contributed by atoms with Crippen molar-refractivity contribution >= 4 is 11.9 Å². The van der Waals surface area contributed by atoms with Crippen molar-refractivity contribution in [2.45, 2.75) is 38.4 Å². The van der Waals surface area contributed by atoms with Gasteiger partial charge in [-0.25, -0.2) is 9.18 Å². The highest BCUT2D eigenvalue weighted by molar-refractivity contribution is 5.98. The van der Waals surface area contributed by atoms with E-state index in [-0.39, 0.29) is 42.8 Å². The Bertz CT molecular complexity index is 918. The maximum absolute atomic E-state index is 13.1. The maximum atomic E-state index is 13.1. The number of benzene rings is 1. The largest absolute Gasteiger partial charge is 0.458 e. The zero-order valence-electron chi connectivity index (χ0n) is 16.6. The molecule has 1 aromatic heterocycles. The van der Waals surface area contributed by atoms with Crippen LogP contribution >= 0.6 is 0 Å². The van der Waals surface area contributed by atoms with Crippen molar-refractivity contribution in [1.82, 2.24) is 25.0 Å². The monoisotopic (exact) mass is 417 g/mol. The molecule has 3 atom stereocenters. The maximum Gasteiger partial charge on any atom is 0.335 e. The molecular formula is C20H24FN5O4. The van der Waals surface area contributed by atoms with Crippen LogP contribution in [-0.4, -0.2) is 67.8 Å². The van der Waals surface area contributed by atoms with Gasteiger partial charge in [-0.2, -0.15) is 4.98 Å². The van der Waals surface area contributed by atoms with Crippen LogP contribution in [0.25, 0.3) is 0 Å². The van der Waals surface area contributed by atoms with E-state index in [1.165, 1.54) is 21.9 Å². The molecule has 2 saturated heterocycles. The fourth-order valence-electron chi connectivity index (χ4n) is 3.87. The van der Waals surface area contributed by atoms with Gasteiger partial charge in [-0.3, -0.25) is 14.8 Å². The van der Waals surface area contributed by atoms with E-state index in [9.17, 15) is 19.1 Å². The summed E-state index contributed by atoms with van der Waals surface area (Å²) in [5.74, 6) is -0.970. The number of aliphatic hydroxyl groups excluding tert-OH is 1. The van der Waals surface area contributed by atoms with E-state index in [0.717, 1.165) is 5.56 Å². The van der Waals surface area contributed by atoms with Crippen molar-refractivity contribution in [2.75, 3.05) is 19.6 Å². The molecule has 160 valence electrons. The molecule has 2 N–H and O–H groups in total. The van der Waals surface area contributed by atoms with E-state index < -0.39 is 12.0 Å². The predicted molar refractivity (Wildman–Crippen MR) is 103 cm³/mol. The number of β-amino-alcohol motifs (C(OH)–C–C–N with tert-alkyl or cyclic N) is 1. The Morgan fingerprint density at radius 3 is 2.77 bits per heavy atom. The number of carbonyl (C=O) groups is 2. The fourth-order valence-corrected chi connectivity index (χ4v) is 3.87. The highest BCUT2D eigenvalue weighted by Crippen LogP contribution is 2.33. The molecule has 0 spiro atoms. The number of carbonyl (C=O) groups excluding carboxylic acids is 2. The molecule has 3 heterocycles. The summed E-state index contributed by atoms with van der Waals surface area (Å²) in [6, 6.07) is 5.61. The van der Waals surface area contributed by atoms with E-state index in [4.69, 9.17) is 4.74 Å². The second kappa shape index (κ2) is 8.39. The van der Waals surface area contributed by atoms with Gasteiger partial charge < -0.3 is 14.7 Å². The molecular weight excluding hydrogens is 393 g/mol. The Labute approximate surface area is 172 Å². The average Bonchev–Trinajstić information content (AvgIpc) is 3.36. The molecule has 3 amide bonds. The Kier molecular flexibility index (Phi) is 5.67. The van der Waals surface area contributed by atoms with Gasteiger partial charge >= 0.3 is 12.0 Å². The number of hydrogen-bond donors (Lipinski definition) is 2. The average molecular weight is 417 g/mol. The van der Waals surface area contributed by atoms with Crippen LogP contribution in [-0.2, 0) is 11.4 Å². The quantitative estimate of drug-likeness (QED) is 0.783. The molecule has 0 aliphatic carbocycles. The lowest BCUT2D eigenvalue weighted by molar-refractivity contribution is -0.134. The molecule has 3 unspecified atom stereocenters. The lowest BCUT2D eigenvalue weighted by atomic mass is 9.86. The van der Waals surface area contributed by atoms with Crippen LogP contribution in [0.3, 0.4) is 0 Å². The normalized spacial score (nSPS) is 24.4. The van der Waals surface area contributed by atoms with Gasteiger partial charge in [-0.15, -0.1) is 5.10 Å². The molecule has 0 saturated carbocycles. The van der Waals surface area contributed by atoms with Crippen LogP contribution in [0, 0.1) is 11.7 Å². The molecule has 4 rings (SSSR count). The molecule has 1 aromatic carbocycles. The lowest BCUT2D eigenvalue weighted by Gasteiger charge is -2.35. The number of aromatic nitrogens is 3. The van der Waals surface area contributed by atoms with Gasteiger partial charge in [0.25, 0.3) is 0 Å². The second-order valence-corrected chi connectivity index (χ2v) is 7.82. The van der Waals surface area contributed by atoms with Crippen LogP contribution in [0.15, 0.2) is 24.3 Å². The van der Waals surface area contributed by atoms with Gasteiger partial charge in [0, 0.05) is 19.6 Å². The minimum atomic E-state index is -0.633. The van der Waals surface area contributed by atoms with E-state index in [1.807, 2.05) is 6.92 Å². The van der Waals surface area contributed by atoms with Gasteiger partial charge in [0.1, 0.15) is 24.2 Å². The topological polar surface area (TPSA) is 112 Å². The molecule has 30 heavy (non-hydrogen) atoms. The van der Waals surface area contributed by atoms with E-state index in [2.05, 4.69) is 15.2 Å². The third-order valence-corrected chi connectivity index (χ3v) is 5.63. The molecule has 2 aliphatic rings. The van der Waals surface area contributed by atoms with Crippen molar-refractivity contribution in [1.29, 1.82) is 0 Å². The number of nitrogens with zero attached hydrogens (tertiary/aromatic N) is 4. The van der Waals surface area contributed by atoms with Gasteiger partial charge in [0.15, 0.2) is 0 Å². The Morgan fingerprint density at radius 1 is 1.30 bits per heavy atom. The summed E-state index contributed by atoms with van der Waals surface area (Å²) < 4.78 is 18.5. The van der Waals surface area contributed by atoms with Crippen molar-refractivity contribution in [3.05, 3.63) is 41.5 Å².